The molecule has 108 valence electrons. The number of rotatable bonds is 5. The fraction of sp³-hybridized carbons (Fsp3) is 0.214. The van der Waals surface area contributed by atoms with E-state index in [0.717, 1.165) is 10.9 Å². The van der Waals surface area contributed by atoms with Crippen molar-refractivity contribution in [1.82, 2.24) is 15.0 Å². The van der Waals surface area contributed by atoms with E-state index in [0.29, 0.717) is 25.2 Å². The Balaban J connectivity index is 1.99. The third-order valence-corrected chi connectivity index (χ3v) is 4.31. The smallest absolute Gasteiger partial charge is 0.358 e. The summed E-state index contributed by atoms with van der Waals surface area (Å²) in [4.78, 5) is 11.2. The number of aromatic nitrogens is 3. The molecule has 0 saturated heterocycles. The van der Waals surface area contributed by atoms with E-state index >= 15 is 0 Å². The van der Waals surface area contributed by atoms with Crippen molar-refractivity contribution in [3.8, 4) is 0 Å². The summed E-state index contributed by atoms with van der Waals surface area (Å²) < 4.78 is 2.83. The van der Waals surface area contributed by atoms with Crippen LogP contribution in [-0.2, 0) is 13.0 Å². The predicted molar refractivity (Wildman–Crippen MR) is 80.7 cm³/mol. The lowest BCUT2D eigenvalue weighted by atomic mass is 10.1. The van der Waals surface area contributed by atoms with Crippen LogP contribution in [-0.4, -0.2) is 32.6 Å². The number of nitrogens with two attached hydrogens (primary N) is 1. The molecule has 21 heavy (non-hydrogen) atoms. The quantitative estimate of drug-likeness (QED) is 0.748. The van der Waals surface area contributed by atoms with E-state index < -0.39 is 5.97 Å². The maximum absolute atomic E-state index is 11.2. The van der Waals surface area contributed by atoms with Crippen molar-refractivity contribution in [2.45, 2.75) is 13.0 Å². The van der Waals surface area contributed by atoms with Crippen molar-refractivity contribution in [2.75, 3.05) is 6.54 Å². The molecule has 3 aromatic rings. The summed E-state index contributed by atoms with van der Waals surface area (Å²) in [5, 5.41) is 20.1. The Morgan fingerprint density at radius 3 is 2.95 bits per heavy atom. The molecule has 0 aliphatic heterocycles. The molecule has 2 heterocycles. The molecule has 0 aliphatic rings. The van der Waals surface area contributed by atoms with Crippen LogP contribution in [0, 0.1) is 0 Å². The number of fused-ring (bicyclic) bond motifs is 1. The van der Waals surface area contributed by atoms with E-state index in [-0.39, 0.29) is 5.69 Å². The van der Waals surface area contributed by atoms with Gasteiger partial charge in [-0.05, 0) is 28.9 Å². The monoisotopic (exact) mass is 302 g/mol. The third-order valence-electron chi connectivity index (χ3n) is 3.30. The van der Waals surface area contributed by atoms with E-state index in [1.54, 1.807) is 16.0 Å². The fourth-order valence-corrected chi connectivity index (χ4v) is 3.28. The summed E-state index contributed by atoms with van der Waals surface area (Å²) in [7, 11) is 0. The number of thiophene rings is 1. The van der Waals surface area contributed by atoms with Crippen molar-refractivity contribution >= 4 is 27.4 Å². The molecule has 1 aromatic carbocycles. The van der Waals surface area contributed by atoms with Crippen LogP contribution < -0.4 is 5.73 Å². The minimum absolute atomic E-state index is 0.0139. The van der Waals surface area contributed by atoms with Gasteiger partial charge in [0.1, 0.15) is 0 Å². The molecule has 2 aromatic heterocycles. The molecular formula is C14H14N4O2S. The predicted octanol–water partition coefficient (Wildman–Crippen LogP) is 1.74. The first-order valence-corrected chi connectivity index (χ1v) is 7.39. The fourth-order valence-electron chi connectivity index (χ4n) is 2.33. The number of benzene rings is 1. The summed E-state index contributed by atoms with van der Waals surface area (Å²) in [6.45, 7) is 0.859. The molecular weight excluding hydrogens is 288 g/mol. The van der Waals surface area contributed by atoms with Gasteiger partial charge >= 0.3 is 5.97 Å². The standard InChI is InChI=1S/C14H14N4O2S/c15-6-5-11-13(14(19)20)16-17-18(11)7-9-8-21-12-4-2-1-3-10(9)12/h1-4,8H,5-7,15H2,(H,19,20). The van der Waals surface area contributed by atoms with Crippen LogP contribution in [0.2, 0.25) is 0 Å². The lowest BCUT2D eigenvalue weighted by Gasteiger charge is -2.05. The number of carbonyl (C=O) groups is 1. The van der Waals surface area contributed by atoms with Gasteiger partial charge in [0.15, 0.2) is 5.69 Å². The van der Waals surface area contributed by atoms with Gasteiger partial charge in [0.2, 0.25) is 0 Å². The van der Waals surface area contributed by atoms with Crippen molar-refractivity contribution in [2.24, 2.45) is 5.73 Å². The highest BCUT2D eigenvalue weighted by molar-refractivity contribution is 7.17. The van der Waals surface area contributed by atoms with E-state index in [4.69, 9.17) is 10.8 Å². The average Bonchev–Trinajstić information content (AvgIpc) is 3.06. The average molecular weight is 302 g/mol. The van der Waals surface area contributed by atoms with Gasteiger partial charge in [-0.1, -0.05) is 23.4 Å². The molecule has 0 bridgehead atoms. The van der Waals surface area contributed by atoms with E-state index in [1.807, 2.05) is 12.1 Å². The minimum Gasteiger partial charge on any atom is -0.476 e. The molecule has 0 atom stereocenters. The van der Waals surface area contributed by atoms with Crippen molar-refractivity contribution in [1.29, 1.82) is 0 Å². The number of carboxylic acid groups (broad SMARTS) is 1. The first-order valence-electron chi connectivity index (χ1n) is 6.51. The lowest BCUT2D eigenvalue weighted by Crippen LogP contribution is -2.14. The van der Waals surface area contributed by atoms with Gasteiger partial charge in [-0.25, -0.2) is 9.48 Å². The van der Waals surface area contributed by atoms with Crippen molar-refractivity contribution in [3.05, 3.63) is 46.6 Å². The number of hydrogen-bond acceptors (Lipinski definition) is 5. The van der Waals surface area contributed by atoms with Crippen LogP contribution in [0.1, 0.15) is 21.7 Å². The normalized spacial score (nSPS) is 11.1. The van der Waals surface area contributed by atoms with Gasteiger partial charge in [-0.3, -0.25) is 0 Å². The first kappa shape index (κ1) is 13.7. The number of hydrogen-bond donors (Lipinski definition) is 2. The van der Waals surface area contributed by atoms with E-state index in [2.05, 4.69) is 27.8 Å². The second-order valence-corrected chi connectivity index (χ2v) is 5.55. The highest BCUT2D eigenvalue weighted by Crippen LogP contribution is 2.26. The molecule has 0 fully saturated rings. The Morgan fingerprint density at radius 1 is 1.38 bits per heavy atom. The van der Waals surface area contributed by atoms with Gasteiger partial charge in [0.05, 0.1) is 12.2 Å². The van der Waals surface area contributed by atoms with Crippen LogP contribution in [0.25, 0.3) is 10.1 Å². The molecule has 0 radical (unpaired) electrons. The van der Waals surface area contributed by atoms with Crippen LogP contribution >= 0.6 is 11.3 Å². The zero-order chi connectivity index (χ0) is 14.8. The Hall–Kier alpha value is -2.25. The van der Waals surface area contributed by atoms with Crippen molar-refractivity contribution < 1.29 is 9.90 Å². The summed E-state index contributed by atoms with van der Waals surface area (Å²) in [6.07, 6.45) is 0.441. The third kappa shape index (κ3) is 2.53. The number of carboxylic acids is 1. The minimum atomic E-state index is -1.07. The molecule has 3 rings (SSSR count). The van der Waals surface area contributed by atoms with Gasteiger partial charge < -0.3 is 10.8 Å². The maximum atomic E-state index is 11.2. The Kier molecular flexibility index (Phi) is 3.68. The molecule has 0 saturated carbocycles. The molecule has 6 nitrogen and oxygen atoms in total. The molecule has 7 heteroatoms. The Labute approximate surface area is 124 Å². The summed E-state index contributed by atoms with van der Waals surface area (Å²) in [6, 6.07) is 8.11. The highest BCUT2D eigenvalue weighted by atomic mass is 32.1. The Bertz CT molecular complexity index is 793. The number of aromatic carboxylic acids is 1. The SMILES string of the molecule is NCCc1c(C(=O)O)nnn1Cc1csc2ccccc12. The Morgan fingerprint density at radius 2 is 2.19 bits per heavy atom. The molecule has 0 aliphatic carbocycles. The molecule has 0 unspecified atom stereocenters. The number of nitrogens with zero attached hydrogens (tertiary/aromatic N) is 3. The first-order chi connectivity index (χ1) is 10.2. The largest absolute Gasteiger partial charge is 0.476 e. The maximum Gasteiger partial charge on any atom is 0.358 e. The van der Waals surface area contributed by atoms with Crippen molar-refractivity contribution in [3.63, 3.8) is 0 Å². The van der Waals surface area contributed by atoms with E-state index in [9.17, 15) is 4.79 Å². The highest BCUT2D eigenvalue weighted by Gasteiger charge is 2.19. The van der Waals surface area contributed by atoms with Crippen LogP contribution in [0.15, 0.2) is 29.6 Å². The molecule has 0 spiro atoms. The van der Waals surface area contributed by atoms with Gasteiger partial charge in [-0.15, -0.1) is 16.4 Å². The van der Waals surface area contributed by atoms with Crippen LogP contribution in [0.5, 0.6) is 0 Å². The van der Waals surface area contributed by atoms with Crippen LogP contribution in [0.3, 0.4) is 0 Å². The van der Waals surface area contributed by atoms with Gasteiger partial charge in [0, 0.05) is 11.1 Å². The molecule has 0 amide bonds. The second kappa shape index (κ2) is 5.63. The van der Waals surface area contributed by atoms with E-state index in [1.165, 1.54) is 4.70 Å². The zero-order valence-corrected chi connectivity index (χ0v) is 12.0. The van der Waals surface area contributed by atoms with Gasteiger partial charge in [-0.2, -0.15) is 0 Å². The summed E-state index contributed by atoms with van der Waals surface area (Å²) >= 11 is 1.66. The summed E-state index contributed by atoms with van der Waals surface area (Å²) in [5.74, 6) is -1.07. The van der Waals surface area contributed by atoms with Gasteiger partial charge in [0.25, 0.3) is 0 Å². The molecule has 3 N–H and O–H groups in total. The zero-order valence-electron chi connectivity index (χ0n) is 11.2. The topological polar surface area (TPSA) is 94.0 Å². The lowest BCUT2D eigenvalue weighted by molar-refractivity contribution is 0.0689. The second-order valence-electron chi connectivity index (χ2n) is 4.64. The van der Waals surface area contributed by atoms with Crippen LogP contribution in [0.4, 0.5) is 0 Å². The summed E-state index contributed by atoms with van der Waals surface area (Å²) in [5.41, 5.74) is 7.22.